The summed E-state index contributed by atoms with van der Waals surface area (Å²) in [5.41, 5.74) is -1.89. The normalized spacial score (nSPS) is 45.2. The van der Waals surface area contributed by atoms with E-state index in [0.717, 1.165) is 6.92 Å². The second-order valence-electron chi connectivity index (χ2n) is 13.1. The van der Waals surface area contributed by atoms with Crippen molar-refractivity contribution in [3.63, 3.8) is 0 Å². The number of aliphatic hydroxyl groups is 7. The first-order chi connectivity index (χ1) is 21.1. The molecule has 0 radical (unpaired) electrons. The first-order valence-electron chi connectivity index (χ1n) is 15.3. The number of methoxy groups -OCH3 is 2. The van der Waals surface area contributed by atoms with Crippen LogP contribution in [0.5, 0.6) is 0 Å². The molecule has 2 heterocycles. The van der Waals surface area contributed by atoms with Gasteiger partial charge in [0.25, 0.3) is 0 Å². The molecule has 14 unspecified atom stereocenters. The zero-order valence-corrected chi connectivity index (χ0v) is 25.7. The minimum Gasteiger partial charge on any atom is -0.481 e. The van der Waals surface area contributed by atoms with Crippen LogP contribution in [0, 0.1) is 11.8 Å². The summed E-state index contributed by atoms with van der Waals surface area (Å²) >= 11 is 0. The minimum absolute atomic E-state index is 0.148. The van der Waals surface area contributed by atoms with Crippen LogP contribution in [0.3, 0.4) is 0 Å². The van der Waals surface area contributed by atoms with Crippen molar-refractivity contribution in [3.8, 4) is 0 Å². The van der Waals surface area contributed by atoms with Gasteiger partial charge in [0, 0.05) is 20.1 Å². The molecule has 0 aromatic rings. The smallest absolute Gasteiger partial charge is 0.308 e. The van der Waals surface area contributed by atoms with Gasteiger partial charge in [-0.15, -0.1) is 0 Å². The molecule has 0 amide bonds. The molecule has 0 spiro atoms. The van der Waals surface area contributed by atoms with E-state index in [-0.39, 0.29) is 18.8 Å². The fraction of sp³-hybridized carbons (Fsp3) is 0.931. The third-order valence-electron chi connectivity index (χ3n) is 9.54. The SMILES string of the molecule is COC1CC(C2OC3CC(O)CC(O)C3CC2OC2OC(COC(=O)CC(C)(O)CC(=O)O)C(O)C(O)C2O)CC(OC)C1O. The maximum absolute atomic E-state index is 12.3. The van der Waals surface area contributed by atoms with Crippen LogP contribution in [-0.2, 0) is 38.0 Å². The lowest BCUT2D eigenvalue weighted by atomic mass is 9.72. The molecule has 2 aliphatic carbocycles. The number of aliphatic carboxylic acids is 1. The van der Waals surface area contributed by atoms with Gasteiger partial charge in [0.05, 0.1) is 61.2 Å². The topological polar surface area (TPSA) is 251 Å². The van der Waals surface area contributed by atoms with Crippen LogP contribution in [0.25, 0.3) is 0 Å². The Morgan fingerprint density at radius 2 is 1.44 bits per heavy atom. The quantitative estimate of drug-likeness (QED) is 0.107. The molecule has 16 nitrogen and oxygen atoms in total. The summed E-state index contributed by atoms with van der Waals surface area (Å²) in [6.45, 7) is 0.552. The third kappa shape index (κ3) is 8.69. The van der Waals surface area contributed by atoms with Gasteiger partial charge in [-0.2, -0.15) is 0 Å². The average molecular weight is 653 g/mol. The van der Waals surface area contributed by atoms with Crippen molar-refractivity contribution < 1.29 is 78.9 Å². The molecule has 260 valence electrons. The second kappa shape index (κ2) is 15.1. The molecule has 45 heavy (non-hydrogen) atoms. The summed E-state index contributed by atoms with van der Waals surface area (Å²) in [5.74, 6) is -3.01. The number of carboxylic acids is 1. The molecule has 0 aromatic heterocycles. The molecular formula is C29H48O16. The number of esters is 1. The highest BCUT2D eigenvalue weighted by molar-refractivity contribution is 5.73. The predicted octanol–water partition coefficient (Wildman–Crippen LogP) is -2.57. The van der Waals surface area contributed by atoms with Crippen molar-refractivity contribution in [1.82, 2.24) is 0 Å². The van der Waals surface area contributed by atoms with Gasteiger partial charge < -0.3 is 69.3 Å². The number of ether oxygens (including phenoxy) is 6. The van der Waals surface area contributed by atoms with Gasteiger partial charge >= 0.3 is 11.9 Å². The van der Waals surface area contributed by atoms with E-state index in [4.69, 9.17) is 33.5 Å². The molecule has 16 heteroatoms. The third-order valence-corrected chi connectivity index (χ3v) is 9.54. The number of rotatable bonds is 11. The number of hydrogen-bond donors (Lipinski definition) is 8. The predicted molar refractivity (Wildman–Crippen MR) is 148 cm³/mol. The Labute approximate surface area is 260 Å². The highest BCUT2D eigenvalue weighted by Gasteiger charge is 2.53. The van der Waals surface area contributed by atoms with Crippen LogP contribution in [0.15, 0.2) is 0 Å². The Balaban J connectivity index is 1.50. The number of hydrogen-bond acceptors (Lipinski definition) is 15. The number of fused-ring (bicyclic) bond motifs is 1. The fourth-order valence-corrected chi connectivity index (χ4v) is 7.16. The number of carbonyl (C=O) groups excluding carboxylic acids is 1. The Morgan fingerprint density at radius 1 is 0.800 bits per heavy atom. The lowest BCUT2D eigenvalue weighted by molar-refractivity contribution is -0.334. The van der Waals surface area contributed by atoms with Crippen LogP contribution in [0.4, 0.5) is 0 Å². The van der Waals surface area contributed by atoms with E-state index < -0.39 is 122 Å². The molecule has 2 aliphatic heterocycles. The van der Waals surface area contributed by atoms with Crippen molar-refractivity contribution in [2.24, 2.45) is 11.8 Å². The summed E-state index contributed by atoms with van der Waals surface area (Å²) in [5, 5.41) is 82.9. The van der Waals surface area contributed by atoms with Crippen molar-refractivity contribution in [2.75, 3.05) is 20.8 Å². The number of carboxylic acid groups (broad SMARTS) is 1. The average Bonchev–Trinajstić information content (AvgIpc) is 2.95. The molecule has 0 bridgehead atoms. The van der Waals surface area contributed by atoms with E-state index in [1.165, 1.54) is 14.2 Å². The standard InChI is InChI=1S/C29H48O16/c1-29(39,9-21(32)33)10-22(34)42-11-20-24(36)25(37)26(38)28(45-20)44-19-8-14-15(31)6-13(30)7-16(14)43-27(19)12-4-17(40-2)23(35)18(5-12)41-3/h12-20,23-28,30-31,35-39H,4-11H2,1-3H3,(H,32,33). The van der Waals surface area contributed by atoms with Crippen LogP contribution in [-0.4, -0.2) is 159 Å². The molecule has 2 saturated heterocycles. The van der Waals surface area contributed by atoms with Gasteiger partial charge in [0.2, 0.25) is 0 Å². The van der Waals surface area contributed by atoms with Gasteiger partial charge in [-0.25, -0.2) is 0 Å². The van der Waals surface area contributed by atoms with Gasteiger partial charge in [-0.05, 0) is 44.9 Å². The molecule has 4 fully saturated rings. The summed E-state index contributed by atoms with van der Waals surface area (Å²) in [6, 6.07) is 0. The highest BCUT2D eigenvalue weighted by atomic mass is 16.7. The number of carbonyl (C=O) groups is 2. The van der Waals surface area contributed by atoms with Gasteiger partial charge in [0.1, 0.15) is 37.1 Å². The van der Waals surface area contributed by atoms with Gasteiger partial charge in [-0.3, -0.25) is 9.59 Å². The van der Waals surface area contributed by atoms with E-state index in [1.54, 1.807) is 0 Å². The molecule has 8 N–H and O–H groups in total. The summed E-state index contributed by atoms with van der Waals surface area (Å²) < 4.78 is 34.7. The zero-order valence-electron chi connectivity index (χ0n) is 25.7. The van der Waals surface area contributed by atoms with Crippen molar-refractivity contribution in [1.29, 1.82) is 0 Å². The minimum atomic E-state index is -1.89. The zero-order chi connectivity index (χ0) is 33.2. The molecule has 4 rings (SSSR count). The molecule has 2 saturated carbocycles. The molecule has 0 aromatic carbocycles. The first kappa shape index (κ1) is 36.3. The van der Waals surface area contributed by atoms with Crippen LogP contribution in [0.1, 0.15) is 51.9 Å². The fourth-order valence-electron chi connectivity index (χ4n) is 7.16. The van der Waals surface area contributed by atoms with Crippen LogP contribution < -0.4 is 0 Å². The lowest BCUT2D eigenvalue weighted by Gasteiger charge is -2.51. The Morgan fingerprint density at radius 3 is 2.04 bits per heavy atom. The van der Waals surface area contributed by atoms with Crippen molar-refractivity contribution in [2.45, 2.75) is 137 Å². The largest absolute Gasteiger partial charge is 0.481 e. The summed E-state index contributed by atoms with van der Waals surface area (Å²) in [4.78, 5) is 23.2. The first-order valence-corrected chi connectivity index (χ1v) is 15.3. The molecular weight excluding hydrogens is 604 g/mol. The van der Waals surface area contributed by atoms with E-state index in [9.17, 15) is 45.3 Å². The van der Waals surface area contributed by atoms with Crippen LogP contribution >= 0.6 is 0 Å². The van der Waals surface area contributed by atoms with Crippen molar-refractivity contribution in [3.05, 3.63) is 0 Å². The summed E-state index contributed by atoms with van der Waals surface area (Å²) in [7, 11) is 2.95. The monoisotopic (exact) mass is 652 g/mol. The van der Waals surface area contributed by atoms with E-state index in [1.807, 2.05) is 0 Å². The summed E-state index contributed by atoms with van der Waals surface area (Å²) in [6.07, 6.45) is -13.8. The van der Waals surface area contributed by atoms with E-state index >= 15 is 0 Å². The van der Waals surface area contributed by atoms with E-state index in [0.29, 0.717) is 19.3 Å². The second-order valence-corrected chi connectivity index (χ2v) is 13.1. The maximum Gasteiger partial charge on any atom is 0.308 e. The Kier molecular flexibility index (Phi) is 12.2. The molecule has 14 atom stereocenters. The maximum atomic E-state index is 12.3. The van der Waals surface area contributed by atoms with Gasteiger partial charge in [-0.1, -0.05) is 0 Å². The van der Waals surface area contributed by atoms with Crippen LogP contribution in [0.2, 0.25) is 0 Å². The lowest BCUT2D eigenvalue weighted by Crippen LogP contribution is -2.62. The van der Waals surface area contributed by atoms with Crippen molar-refractivity contribution >= 4 is 11.9 Å². The highest BCUT2D eigenvalue weighted by Crippen LogP contribution is 2.44. The number of aliphatic hydroxyl groups excluding tert-OH is 6. The molecule has 4 aliphatic rings. The van der Waals surface area contributed by atoms with E-state index in [2.05, 4.69) is 0 Å². The Hall–Kier alpha value is -1.54. The van der Waals surface area contributed by atoms with Gasteiger partial charge in [0.15, 0.2) is 6.29 Å². The Bertz CT molecular complexity index is 981.